The van der Waals surface area contributed by atoms with Crippen molar-refractivity contribution in [3.05, 3.63) is 45.8 Å². The predicted molar refractivity (Wildman–Crippen MR) is 152 cm³/mol. The number of benzene rings is 1. The summed E-state index contributed by atoms with van der Waals surface area (Å²) in [6.45, 7) is 13.8. The van der Waals surface area contributed by atoms with Crippen LogP contribution in [0.1, 0.15) is 43.2 Å². The van der Waals surface area contributed by atoms with Crippen LogP contribution in [0.4, 0.5) is 0 Å². The van der Waals surface area contributed by atoms with E-state index in [2.05, 4.69) is 104 Å². The van der Waals surface area contributed by atoms with Gasteiger partial charge in [-0.2, -0.15) is 0 Å². The van der Waals surface area contributed by atoms with Gasteiger partial charge in [-0.05, 0) is 52.1 Å². The summed E-state index contributed by atoms with van der Waals surface area (Å²) in [6.07, 6.45) is 17.1. The first kappa shape index (κ1) is 29.2. The van der Waals surface area contributed by atoms with Gasteiger partial charge in [0.15, 0.2) is 0 Å². The molecule has 0 aromatic heterocycles. The van der Waals surface area contributed by atoms with Crippen molar-refractivity contribution in [2.24, 2.45) is 0 Å². The van der Waals surface area contributed by atoms with Crippen molar-refractivity contribution in [2.45, 2.75) is 83.5 Å². The first-order valence-electron chi connectivity index (χ1n) is 12.5. The van der Waals surface area contributed by atoms with E-state index in [0.717, 1.165) is 0 Å². The molecule has 0 heterocycles. The first-order valence-corrected chi connectivity index (χ1v) is 21.0. The van der Waals surface area contributed by atoms with Gasteiger partial charge in [0.1, 0.15) is 16.1 Å². The molecule has 1 aromatic rings. The molecule has 0 N–H and O–H groups in total. The molecule has 1 saturated carbocycles. The molecule has 6 heteroatoms. The Hall–Kier alpha value is -1.04. The van der Waals surface area contributed by atoms with E-state index in [1.807, 2.05) is 0 Å². The molecule has 3 aliphatic rings. The number of allylic oxidation sites excluding steroid dienone is 3. The molecule has 0 saturated heterocycles. The Labute approximate surface area is 226 Å². The van der Waals surface area contributed by atoms with Gasteiger partial charge in [0.05, 0.1) is 0 Å². The number of fused-ring (bicyclic) bond motifs is 2. The molecular weight excluding hydrogens is 498 g/mol. The summed E-state index contributed by atoms with van der Waals surface area (Å²) < 4.78 is 15.1. The molecule has 1 aromatic carbocycles. The smallest absolute Gasteiger partial charge is 0.377 e. The molecule has 34 heavy (non-hydrogen) atoms. The number of hydrogen-bond donors (Lipinski definition) is 0. The van der Waals surface area contributed by atoms with Crippen LogP contribution in [-0.4, -0.2) is 42.6 Å². The zero-order chi connectivity index (χ0) is 24.2. The minimum absolute atomic E-state index is 0. The fourth-order valence-corrected chi connectivity index (χ4v) is 8.93. The molecular formula is C28H41NOSi3Ti. The van der Waals surface area contributed by atoms with Crippen LogP contribution in [-0.2, 0) is 26.2 Å². The molecule has 0 bridgehead atoms. The molecule has 3 aliphatic carbocycles. The second kappa shape index (κ2) is 12.3. The van der Waals surface area contributed by atoms with Crippen LogP contribution in [0.15, 0.2) is 24.3 Å². The summed E-state index contributed by atoms with van der Waals surface area (Å²) in [4.78, 5) is 0. The Morgan fingerprint density at radius 1 is 0.912 bits per heavy atom. The average molecular weight is 540 g/mol. The molecule has 180 valence electrons. The third-order valence-electron chi connectivity index (χ3n) is 6.29. The van der Waals surface area contributed by atoms with Gasteiger partial charge in [-0.15, -0.1) is 11.1 Å². The Balaban J connectivity index is 0.000000320. The van der Waals surface area contributed by atoms with E-state index in [0.29, 0.717) is 12.1 Å². The van der Waals surface area contributed by atoms with Crippen LogP contribution in [0.3, 0.4) is 0 Å². The monoisotopic (exact) mass is 539 g/mol. The summed E-state index contributed by atoms with van der Waals surface area (Å²) >= 11 is 0. The van der Waals surface area contributed by atoms with Gasteiger partial charge in [0.2, 0.25) is 0 Å². The summed E-state index contributed by atoms with van der Waals surface area (Å²) in [5.41, 5.74) is 10.6. The molecule has 0 aliphatic heterocycles. The molecule has 4 rings (SSSR count). The summed E-state index contributed by atoms with van der Waals surface area (Å²) in [7, 11) is -1.85. The SMILES string of the molecule is CN(C1CCCCC1)[Si](=O)CC1=CC=c2cc3c(cc21)=CC=C3.C[Si](C)(C)C#C[Si](C)(C)C.[Ti]. The van der Waals surface area contributed by atoms with Gasteiger partial charge in [0.25, 0.3) is 0 Å². The van der Waals surface area contributed by atoms with Crippen LogP contribution in [0.25, 0.3) is 23.8 Å². The van der Waals surface area contributed by atoms with Crippen molar-refractivity contribution in [3.8, 4) is 11.1 Å². The zero-order valence-corrected chi connectivity index (χ0v) is 26.8. The van der Waals surface area contributed by atoms with Crippen LogP contribution in [0.5, 0.6) is 0 Å². The summed E-state index contributed by atoms with van der Waals surface area (Å²) in [6, 6.07) is 5.73. The van der Waals surface area contributed by atoms with Crippen LogP contribution in [0.2, 0.25) is 45.3 Å². The minimum Gasteiger partial charge on any atom is -0.377 e. The van der Waals surface area contributed by atoms with Crippen LogP contribution < -0.4 is 10.4 Å². The second-order valence-electron chi connectivity index (χ2n) is 11.7. The molecule has 0 amide bonds. The first-order chi connectivity index (χ1) is 15.4. The third kappa shape index (κ3) is 8.57. The Bertz CT molecular complexity index is 1120. The van der Waals surface area contributed by atoms with E-state index < -0.39 is 25.0 Å². The number of hydrogen-bond acceptors (Lipinski definition) is 1. The Morgan fingerprint density at radius 2 is 1.53 bits per heavy atom. The van der Waals surface area contributed by atoms with E-state index >= 15 is 0 Å². The quantitative estimate of drug-likeness (QED) is 0.367. The van der Waals surface area contributed by atoms with Gasteiger partial charge in [-0.3, -0.25) is 0 Å². The summed E-state index contributed by atoms with van der Waals surface area (Å²) in [5, 5.41) is 2.55. The third-order valence-corrected chi connectivity index (χ3v) is 10.1. The fourth-order valence-electron chi connectivity index (χ4n) is 4.38. The van der Waals surface area contributed by atoms with Crippen molar-refractivity contribution >= 4 is 48.8 Å². The maximum Gasteiger partial charge on any atom is 0.399 e. The van der Waals surface area contributed by atoms with Crippen molar-refractivity contribution in [1.29, 1.82) is 0 Å². The molecule has 0 unspecified atom stereocenters. The average Bonchev–Trinajstić information content (AvgIpc) is 3.37. The van der Waals surface area contributed by atoms with Crippen molar-refractivity contribution in [1.82, 2.24) is 4.57 Å². The van der Waals surface area contributed by atoms with Gasteiger partial charge in [0, 0.05) is 40.9 Å². The molecule has 1 fully saturated rings. The van der Waals surface area contributed by atoms with E-state index in [1.54, 1.807) is 0 Å². The Kier molecular flexibility index (Phi) is 10.5. The van der Waals surface area contributed by atoms with Crippen LogP contribution in [0, 0.1) is 11.1 Å². The molecule has 0 atom stereocenters. The van der Waals surface area contributed by atoms with Crippen molar-refractivity contribution in [3.63, 3.8) is 0 Å². The van der Waals surface area contributed by atoms with Crippen molar-refractivity contribution < 1.29 is 26.2 Å². The predicted octanol–water partition coefficient (Wildman–Crippen LogP) is 5.60. The van der Waals surface area contributed by atoms with E-state index in [9.17, 15) is 4.46 Å². The second-order valence-corrected chi connectivity index (χ2v) is 23.0. The van der Waals surface area contributed by atoms with Crippen molar-refractivity contribution in [2.75, 3.05) is 7.05 Å². The van der Waals surface area contributed by atoms with E-state index in [-0.39, 0.29) is 21.7 Å². The van der Waals surface area contributed by atoms with Gasteiger partial charge in [-0.25, -0.2) is 0 Å². The maximum atomic E-state index is 12.9. The molecule has 0 radical (unpaired) electrons. The van der Waals surface area contributed by atoms with E-state index in [4.69, 9.17) is 0 Å². The topological polar surface area (TPSA) is 20.3 Å². The zero-order valence-electron chi connectivity index (χ0n) is 22.2. The minimum atomic E-state index is -1.74. The van der Waals surface area contributed by atoms with Gasteiger partial charge in [-0.1, -0.05) is 88.9 Å². The van der Waals surface area contributed by atoms with E-state index in [1.165, 1.54) is 59.2 Å². The fraction of sp³-hybridized carbons (Fsp3) is 0.500. The molecule has 0 spiro atoms. The van der Waals surface area contributed by atoms with Gasteiger partial charge < -0.3 is 9.03 Å². The normalized spacial score (nSPS) is 16.3. The summed E-state index contributed by atoms with van der Waals surface area (Å²) in [5.74, 6) is 0. The largest absolute Gasteiger partial charge is 0.399 e. The maximum absolute atomic E-state index is 12.9. The van der Waals surface area contributed by atoms with Crippen LogP contribution >= 0.6 is 0 Å². The van der Waals surface area contributed by atoms with Gasteiger partial charge >= 0.3 is 8.84 Å². The Morgan fingerprint density at radius 3 is 2.12 bits per heavy atom. The standard InChI is InChI=1S/C20H23NOSi.C8H18Si2.Ti/c1-21(19-8-3-2-4-9-19)23(22)14-18-11-10-17-12-15-6-5-7-16(15)13-20(17)18;1-9(2,3)7-8-10(4,5)6;/h5-7,10-13,19H,2-4,8-9,14H2,1H3;1-6H3;. The molecule has 2 nitrogen and oxygen atoms in total. The number of nitrogens with zero attached hydrogens (tertiary/aromatic N) is 1. The number of rotatable bonds is 4.